The highest BCUT2D eigenvalue weighted by Crippen LogP contribution is 2.28. The van der Waals surface area contributed by atoms with E-state index in [9.17, 15) is 8.60 Å². The van der Waals surface area contributed by atoms with Crippen LogP contribution in [0.5, 0.6) is 0 Å². The van der Waals surface area contributed by atoms with Crippen molar-refractivity contribution in [3.63, 3.8) is 0 Å². The third-order valence-corrected chi connectivity index (χ3v) is 6.42. The molecular weight excluding hydrogens is 400 g/mol. The number of hydrogen-bond acceptors (Lipinski definition) is 2. The summed E-state index contributed by atoms with van der Waals surface area (Å²) < 4.78 is 28.9. The van der Waals surface area contributed by atoms with Crippen LogP contribution >= 0.6 is 35.0 Å². The Balaban J connectivity index is 2.23. The van der Waals surface area contributed by atoms with E-state index in [-0.39, 0.29) is 5.69 Å². The molecule has 0 aliphatic rings. The number of anilines is 1. The van der Waals surface area contributed by atoms with Crippen LogP contribution < -0.4 is 4.31 Å². The van der Waals surface area contributed by atoms with Gasteiger partial charge in [0.1, 0.15) is 5.82 Å². The average Bonchev–Trinajstić information content (AvgIpc) is 2.61. The second-order valence-corrected chi connectivity index (χ2v) is 8.98. The van der Waals surface area contributed by atoms with E-state index in [1.54, 1.807) is 28.6 Å². The number of rotatable bonds is 9. The minimum atomic E-state index is -1.54. The van der Waals surface area contributed by atoms with E-state index in [4.69, 9.17) is 23.2 Å². The van der Waals surface area contributed by atoms with Gasteiger partial charge in [-0.3, -0.25) is 4.31 Å². The quantitative estimate of drug-likeness (QED) is 0.451. The fourth-order valence-electron chi connectivity index (χ4n) is 2.25. The molecule has 0 aliphatic heterocycles. The van der Waals surface area contributed by atoms with E-state index in [0.29, 0.717) is 21.5 Å². The summed E-state index contributed by atoms with van der Waals surface area (Å²) in [6.07, 6.45) is 1.80. The summed E-state index contributed by atoms with van der Waals surface area (Å²) >= 11 is 13.8. The highest BCUT2D eigenvalue weighted by Gasteiger charge is 2.19. The third-order valence-electron chi connectivity index (χ3n) is 3.50. The normalized spacial score (nSPS) is 12.2. The Morgan fingerprint density at radius 1 is 1.08 bits per heavy atom. The lowest BCUT2D eigenvalue weighted by atomic mass is 10.3. The first-order valence-electron chi connectivity index (χ1n) is 8.00. The van der Waals surface area contributed by atoms with Crippen LogP contribution in [0.3, 0.4) is 0 Å². The summed E-state index contributed by atoms with van der Waals surface area (Å²) in [6.45, 7) is 2.60. The van der Waals surface area contributed by atoms with Gasteiger partial charge in [0, 0.05) is 16.6 Å². The summed E-state index contributed by atoms with van der Waals surface area (Å²) in [5.41, 5.74) is 0.254. The Morgan fingerprint density at radius 2 is 1.76 bits per heavy atom. The zero-order valence-corrected chi connectivity index (χ0v) is 17.0. The van der Waals surface area contributed by atoms with Gasteiger partial charge in [-0.05, 0) is 66.8 Å². The predicted octanol–water partition coefficient (Wildman–Crippen LogP) is 6.20. The first-order chi connectivity index (χ1) is 12.0. The topological polar surface area (TPSA) is 20.3 Å². The molecule has 0 N–H and O–H groups in total. The van der Waals surface area contributed by atoms with Gasteiger partial charge >= 0.3 is 0 Å². The summed E-state index contributed by atoms with van der Waals surface area (Å²) in [5.74, 6) is 1.67. The molecular formula is C18H20Cl2FNOS2. The van der Waals surface area contributed by atoms with Crippen LogP contribution in [0, 0.1) is 5.82 Å². The minimum Gasteiger partial charge on any atom is -0.285 e. The highest BCUT2D eigenvalue weighted by molar-refractivity contribution is 7.99. The maximum atomic E-state index is 14.3. The van der Waals surface area contributed by atoms with Crippen molar-refractivity contribution in [3.05, 3.63) is 58.3 Å². The van der Waals surface area contributed by atoms with Crippen molar-refractivity contribution >= 4 is 51.6 Å². The molecule has 0 aromatic heterocycles. The molecule has 136 valence electrons. The maximum absolute atomic E-state index is 14.3. The SMILES string of the molecule is CCSCCCCN(c1cc(Cl)ccc1F)S(=O)c1ccc(Cl)cc1. The number of benzene rings is 2. The zero-order chi connectivity index (χ0) is 18.2. The van der Waals surface area contributed by atoms with Crippen LogP contribution in [0.15, 0.2) is 47.4 Å². The maximum Gasteiger partial charge on any atom is 0.153 e. The third kappa shape index (κ3) is 6.17. The molecule has 1 atom stereocenters. The van der Waals surface area contributed by atoms with Crippen LogP contribution in [0.25, 0.3) is 0 Å². The van der Waals surface area contributed by atoms with Gasteiger partial charge < -0.3 is 0 Å². The van der Waals surface area contributed by atoms with Crippen LogP contribution in [-0.2, 0) is 11.0 Å². The molecule has 0 saturated carbocycles. The molecule has 0 bridgehead atoms. The van der Waals surface area contributed by atoms with Gasteiger partial charge in [-0.15, -0.1) is 0 Å². The highest BCUT2D eigenvalue weighted by atomic mass is 35.5. The molecule has 0 aliphatic carbocycles. The van der Waals surface area contributed by atoms with Gasteiger partial charge in [0.05, 0.1) is 10.6 Å². The molecule has 0 amide bonds. The lowest BCUT2D eigenvalue weighted by Gasteiger charge is -2.24. The van der Waals surface area contributed by atoms with Gasteiger partial charge in [-0.25, -0.2) is 8.60 Å². The zero-order valence-electron chi connectivity index (χ0n) is 13.9. The molecule has 2 nitrogen and oxygen atoms in total. The molecule has 1 unspecified atom stereocenters. The van der Waals surface area contributed by atoms with Gasteiger partial charge in [-0.1, -0.05) is 30.1 Å². The average molecular weight is 420 g/mol. The van der Waals surface area contributed by atoms with E-state index >= 15 is 0 Å². The van der Waals surface area contributed by atoms with E-state index in [0.717, 1.165) is 24.3 Å². The lowest BCUT2D eigenvalue weighted by molar-refractivity contribution is 0.622. The second-order valence-electron chi connectivity index (χ2n) is 5.30. The Morgan fingerprint density at radius 3 is 2.44 bits per heavy atom. The van der Waals surface area contributed by atoms with Crippen molar-refractivity contribution < 1.29 is 8.60 Å². The largest absolute Gasteiger partial charge is 0.285 e. The van der Waals surface area contributed by atoms with Crippen LogP contribution in [0.4, 0.5) is 10.1 Å². The molecule has 0 heterocycles. The molecule has 2 aromatic rings. The van der Waals surface area contributed by atoms with Crippen molar-refractivity contribution in [2.75, 3.05) is 22.4 Å². The van der Waals surface area contributed by atoms with Crippen LogP contribution in [0.2, 0.25) is 10.0 Å². The Bertz CT molecular complexity index is 713. The van der Waals surface area contributed by atoms with E-state index in [2.05, 4.69) is 6.92 Å². The Hall–Kier alpha value is -0.750. The molecule has 0 saturated heterocycles. The number of unbranched alkanes of at least 4 members (excludes halogenated alkanes) is 1. The Labute approximate surface area is 165 Å². The molecule has 2 rings (SSSR count). The van der Waals surface area contributed by atoms with Crippen molar-refractivity contribution in [2.24, 2.45) is 0 Å². The van der Waals surface area contributed by atoms with Gasteiger partial charge in [0.25, 0.3) is 0 Å². The smallest absolute Gasteiger partial charge is 0.153 e. The number of halogens is 3. The van der Waals surface area contributed by atoms with E-state index < -0.39 is 16.8 Å². The predicted molar refractivity (Wildman–Crippen MR) is 109 cm³/mol. The second kappa shape index (κ2) is 10.4. The van der Waals surface area contributed by atoms with Crippen molar-refractivity contribution in [1.29, 1.82) is 0 Å². The van der Waals surface area contributed by atoms with Gasteiger partial charge in [0.2, 0.25) is 0 Å². The monoisotopic (exact) mass is 419 g/mol. The minimum absolute atomic E-state index is 0.254. The molecule has 0 spiro atoms. The van der Waals surface area contributed by atoms with Crippen molar-refractivity contribution in [1.82, 2.24) is 0 Å². The fourth-order valence-corrected chi connectivity index (χ4v) is 4.48. The van der Waals surface area contributed by atoms with Crippen LogP contribution in [0.1, 0.15) is 19.8 Å². The lowest BCUT2D eigenvalue weighted by Crippen LogP contribution is -2.28. The Kier molecular flexibility index (Phi) is 8.56. The number of nitrogens with zero attached hydrogens (tertiary/aromatic N) is 1. The van der Waals surface area contributed by atoms with E-state index in [1.165, 1.54) is 18.2 Å². The van der Waals surface area contributed by atoms with E-state index in [1.807, 2.05) is 11.8 Å². The van der Waals surface area contributed by atoms with Gasteiger partial charge in [-0.2, -0.15) is 11.8 Å². The van der Waals surface area contributed by atoms with Crippen molar-refractivity contribution in [2.45, 2.75) is 24.7 Å². The summed E-state index contributed by atoms with van der Waals surface area (Å²) in [6, 6.07) is 11.1. The first kappa shape index (κ1) is 20.6. The molecule has 0 radical (unpaired) electrons. The number of hydrogen-bond donors (Lipinski definition) is 0. The first-order valence-corrected chi connectivity index (χ1v) is 11.0. The molecule has 25 heavy (non-hydrogen) atoms. The summed E-state index contributed by atoms with van der Waals surface area (Å²) in [5, 5.41) is 0.980. The molecule has 7 heteroatoms. The standard InChI is InChI=1S/C18H20Cl2FNOS2/c1-2-24-12-4-3-11-22(18-13-15(20)7-10-17(18)21)25(23)16-8-5-14(19)6-9-16/h5-10,13H,2-4,11-12H2,1H3. The summed E-state index contributed by atoms with van der Waals surface area (Å²) in [7, 11) is -1.54. The number of thioether (sulfide) groups is 1. The molecule has 2 aromatic carbocycles. The summed E-state index contributed by atoms with van der Waals surface area (Å²) in [4.78, 5) is 0.576. The van der Waals surface area contributed by atoms with Gasteiger partial charge in [0.15, 0.2) is 11.0 Å². The molecule has 0 fully saturated rings. The fraction of sp³-hybridized carbons (Fsp3) is 0.333. The van der Waals surface area contributed by atoms with Crippen molar-refractivity contribution in [3.8, 4) is 0 Å². The van der Waals surface area contributed by atoms with Crippen LogP contribution in [-0.4, -0.2) is 22.3 Å².